The smallest absolute Gasteiger partial charge is 0.325 e. The maximum Gasteiger partial charge on any atom is 0.325 e. The van der Waals surface area contributed by atoms with Crippen LogP contribution in [0.1, 0.15) is 19.3 Å². The van der Waals surface area contributed by atoms with E-state index in [1.807, 2.05) is 23.1 Å². The van der Waals surface area contributed by atoms with Crippen LogP contribution in [0.2, 0.25) is 0 Å². The molecule has 31 heavy (non-hydrogen) atoms. The lowest BCUT2D eigenvalue weighted by atomic mass is 10.1. The molecule has 160 valence electrons. The minimum absolute atomic E-state index is 0.0143. The number of anilines is 1. The van der Waals surface area contributed by atoms with Gasteiger partial charge in [-0.1, -0.05) is 18.2 Å². The van der Waals surface area contributed by atoms with Crippen molar-refractivity contribution < 1.29 is 14.0 Å². The molecular weight excluding hydrogens is 397 g/mol. The summed E-state index contributed by atoms with van der Waals surface area (Å²) in [6.45, 7) is 2.66. The number of carbonyl (C=O) groups excluding carboxylic acids is 2. The largest absolute Gasteiger partial charge is 0.341 e. The number of benzene rings is 2. The first-order valence-corrected chi connectivity index (χ1v) is 10.7. The molecule has 0 unspecified atom stereocenters. The Morgan fingerprint density at radius 3 is 2.52 bits per heavy atom. The number of hydrogen-bond acceptors (Lipinski definition) is 3. The summed E-state index contributed by atoms with van der Waals surface area (Å²) in [5.74, 6) is -0.349. The van der Waals surface area contributed by atoms with E-state index in [0.29, 0.717) is 18.8 Å². The van der Waals surface area contributed by atoms with Crippen LogP contribution in [0.3, 0.4) is 0 Å². The SMILES string of the molecule is O=C(CN1CCN(c2cccc3c2cnn3-c2ccccc2F)C1=O)N1CCCCC1. The second kappa shape index (κ2) is 8.02. The Morgan fingerprint density at radius 2 is 1.71 bits per heavy atom. The Hall–Kier alpha value is -3.42. The van der Waals surface area contributed by atoms with Crippen molar-refractivity contribution in [2.75, 3.05) is 37.6 Å². The number of nitrogens with zero attached hydrogens (tertiary/aromatic N) is 5. The highest BCUT2D eigenvalue weighted by Crippen LogP contribution is 2.31. The van der Waals surface area contributed by atoms with Crippen LogP contribution in [-0.2, 0) is 4.79 Å². The molecule has 0 radical (unpaired) electrons. The van der Waals surface area contributed by atoms with Gasteiger partial charge in [-0.2, -0.15) is 5.10 Å². The van der Waals surface area contributed by atoms with Crippen LogP contribution in [-0.4, -0.2) is 64.2 Å². The molecule has 0 spiro atoms. The van der Waals surface area contributed by atoms with E-state index in [0.717, 1.165) is 48.9 Å². The number of hydrogen-bond donors (Lipinski definition) is 0. The highest BCUT2D eigenvalue weighted by Gasteiger charge is 2.33. The van der Waals surface area contributed by atoms with Crippen LogP contribution in [0.25, 0.3) is 16.6 Å². The molecule has 3 amide bonds. The standard InChI is InChI=1S/C23H24FN5O2/c24-18-7-2-3-8-21(18)29-20-10-6-9-19(17(20)15-25-29)28-14-13-27(23(28)31)16-22(30)26-11-4-1-5-12-26/h2-3,6-10,15H,1,4-5,11-14,16H2. The number of para-hydroxylation sites is 1. The zero-order valence-corrected chi connectivity index (χ0v) is 17.2. The molecule has 2 aromatic carbocycles. The van der Waals surface area contributed by atoms with E-state index < -0.39 is 0 Å². The summed E-state index contributed by atoms with van der Waals surface area (Å²) in [4.78, 5) is 30.9. The normalized spacial score (nSPS) is 17.1. The van der Waals surface area contributed by atoms with Gasteiger partial charge >= 0.3 is 6.03 Å². The van der Waals surface area contributed by atoms with Gasteiger partial charge in [-0.05, 0) is 43.5 Å². The van der Waals surface area contributed by atoms with Crippen molar-refractivity contribution in [2.24, 2.45) is 0 Å². The minimum atomic E-state index is -0.363. The number of amides is 3. The molecule has 3 aromatic rings. The van der Waals surface area contributed by atoms with Crippen molar-refractivity contribution in [3.8, 4) is 5.69 Å². The van der Waals surface area contributed by atoms with Gasteiger partial charge in [0.1, 0.15) is 18.0 Å². The maximum atomic E-state index is 14.3. The number of piperidine rings is 1. The number of rotatable bonds is 4. The average Bonchev–Trinajstić information content (AvgIpc) is 3.38. The summed E-state index contributed by atoms with van der Waals surface area (Å²) in [6, 6.07) is 11.8. The van der Waals surface area contributed by atoms with E-state index in [9.17, 15) is 14.0 Å². The molecule has 2 saturated heterocycles. The zero-order chi connectivity index (χ0) is 21.4. The molecule has 7 nitrogen and oxygen atoms in total. The number of urea groups is 1. The van der Waals surface area contributed by atoms with Gasteiger partial charge in [-0.15, -0.1) is 0 Å². The molecule has 0 bridgehead atoms. The third-order valence-electron chi connectivity index (χ3n) is 6.09. The monoisotopic (exact) mass is 421 g/mol. The fourth-order valence-electron chi connectivity index (χ4n) is 4.45. The van der Waals surface area contributed by atoms with Crippen molar-refractivity contribution in [1.82, 2.24) is 19.6 Å². The Balaban J connectivity index is 1.39. The molecule has 2 aliphatic rings. The number of halogens is 1. The van der Waals surface area contributed by atoms with E-state index in [2.05, 4.69) is 5.10 Å². The zero-order valence-electron chi connectivity index (χ0n) is 17.2. The molecule has 2 fully saturated rings. The molecular formula is C23H24FN5O2. The number of likely N-dealkylation sites (tertiary alicyclic amines) is 1. The van der Waals surface area contributed by atoms with E-state index in [1.54, 1.807) is 38.9 Å². The van der Waals surface area contributed by atoms with Gasteiger partial charge in [0.2, 0.25) is 5.91 Å². The van der Waals surface area contributed by atoms with Crippen LogP contribution in [0.15, 0.2) is 48.7 Å². The van der Waals surface area contributed by atoms with Crippen LogP contribution in [0, 0.1) is 5.82 Å². The first-order valence-electron chi connectivity index (χ1n) is 10.7. The summed E-state index contributed by atoms with van der Waals surface area (Å²) < 4.78 is 15.9. The molecule has 0 atom stereocenters. The maximum absolute atomic E-state index is 14.3. The number of aromatic nitrogens is 2. The Bertz CT molecular complexity index is 1140. The predicted molar refractivity (Wildman–Crippen MR) is 116 cm³/mol. The van der Waals surface area contributed by atoms with Crippen molar-refractivity contribution in [2.45, 2.75) is 19.3 Å². The van der Waals surface area contributed by atoms with Crippen molar-refractivity contribution >= 4 is 28.5 Å². The molecule has 8 heteroatoms. The molecule has 1 aromatic heterocycles. The number of fused-ring (bicyclic) bond motifs is 1. The third-order valence-corrected chi connectivity index (χ3v) is 6.09. The van der Waals surface area contributed by atoms with E-state index in [4.69, 9.17) is 0 Å². The average molecular weight is 421 g/mol. The summed E-state index contributed by atoms with van der Waals surface area (Å²) in [5.41, 5.74) is 1.80. The van der Waals surface area contributed by atoms with Crippen molar-refractivity contribution in [3.63, 3.8) is 0 Å². The second-order valence-electron chi connectivity index (χ2n) is 8.01. The molecule has 0 saturated carbocycles. The summed E-state index contributed by atoms with van der Waals surface area (Å²) in [7, 11) is 0. The van der Waals surface area contributed by atoms with Crippen LogP contribution < -0.4 is 4.90 Å². The second-order valence-corrected chi connectivity index (χ2v) is 8.01. The lowest BCUT2D eigenvalue weighted by Crippen LogP contribution is -2.44. The summed E-state index contributed by atoms with van der Waals surface area (Å²) in [6.07, 6.45) is 4.87. The lowest BCUT2D eigenvalue weighted by Gasteiger charge is -2.28. The number of carbonyl (C=O) groups is 2. The summed E-state index contributed by atoms with van der Waals surface area (Å²) in [5, 5.41) is 5.14. The van der Waals surface area contributed by atoms with Gasteiger partial charge in [0.25, 0.3) is 0 Å². The quantitative estimate of drug-likeness (QED) is 0.649. The first kappa shape index (κ1) is 19.5. The summed E-state index contributed by atoms with van der Waals surface area (Å²) >= 11 is 0. The van der Waals surface area contributed by atoms with Gasteiger partial charge in [0.05, 0.1) is 17.4 Å². The molecule has 2 aliphatic heterocycles. The van der Waals surface area contributed by atoms with Gasteiger partial charge in [0.15, 0.2) is 0 Å². The van der Waals surface area contributed by atoms with Gasteiger partial charge < -0.3 is 9.80 Å². The first-order chi connectivity index (χ1) is 15.1. The van der Waals surface area contributed by atoms with Gasteiger partial charge in [0, 0.05) is 31.6 Å². The van der Waals surface area contributed by atoms with Crippen molar-refractivity contribution in [1.29, 1.82) is 0 Å². The Morgan fingerprint density at radius 1 is 0.935 bits per heavy atom. The highest BCUT2D eigenvalue weighted by molar-refractivity contribution is 6.04. The van der Waals surface area contributed by atoms with Gasteiger partial charge in [-0.3, -0.25) is 9.69 Å². The van der Waals surface area contributed by atoms with E-state index in [-0.39, 0.29) is 24.3 Å². The van der Waals surface area contributed by atoms with E-state index in [1.165, 1.54) is 6.07 Å². The predicted octanol–water partition coefficient (Wildman–Crippen LogP) is 3.42. The minimum Gasteiger partial charge on any atom is -0.341 e. The van der Waals surface area contributed by atoms with Crippen LogP contribution >= 0.6 is 0 Å². The third kappa shape index (κ3) is 3.52. The molecule has 3 heterocycles. The Labute approximate surface area is 179 Å². The highest BCUT2D eigenvalue weighted by atomic mass is 19.1. The van der Waals surface area contributed by atoms with Gasteiger partial charge in [-0.25, -0.2) is 13.9 Å². The van der Waals surface area contributed by atoms with E-state index >= 15 is 0 Å². The Kier molecular flexibility index (Phi) is 5.05. The lowest BCUT2D eigenvalue weighted by molar-refractivity contribution is -0.132. The fraction of sp³-hybridized carbons (Fsp3) is 0.348. The molecule has 0 aliphatic carbocycles. The molecule has 5 rings (SSSR count). The fourth-order valence-corrected chi connectivity index (χ4v) is 4.45. The molecule has 0 N–H and O–H groups in total. The van der Waals surface area contributed by atoms with Crippen LogP contribution in [0.4, 0.5) is 14.9 Å². The van der Waals surface area contributed by atoms with Crippen LogP contribution in [0.5, 0.6) is 0 Å². The topological polar surface area (TPSA) is 61.7 Å². The van der Waals surface area contributed by atoms with Crippen molar-refractivity contribution in [3.05, 3.63) is 54.5 Å².